The highest BCUT2D eigenvalue weighted by molar-refractivity contribution is 7.98. The molecule has 8 nitrogen and oxygen atoms in total. The van der Waals surface area contributed by atoms with E-state index in [2.05, 4.69) is 15.6 Å². The maximum Gasteiger partial charge on any atom is 0.326 e. The van der Waals surface area contributed by atoms with Gasteiger partial charge in [0.2, 0.25) is 11.8 Å². The van der Waals surface area contributed by atoms with Gasteiger partial charge >= 0.3 is 5.97 Å². The Morgan fingerprint density at radius 1 is 1.13 bits per heavy atom. The van der Waals surface area contributed by atoms with Crippen molar-refractivity contribution < 1.29 is 19.5 Å². The minimum atomic E-state index is -1.14. The first-order chi connectivity index (χ1) is 14.2. The number of fused-ring (bicyclic) bond motifs is 1. The normalized spacial score (nSPS) is 14.3. The number of nitrogens with two attached hydrogens (primary N) is 1. The van der Waals surface area contributed by atoms with Crippen molar-refractivity contribution in [1.29, 1.82) is 0 Å². The van der Waals surface area contributed by atoms with E-state index >= 15 is 0 Å². The van der Waals surface area contributed by atoms with Crippen molar-refractivity contribution in [3.8, 4) is 0 Å². The minimum absolute atomic E-state index is 0.0806. The molecule has 0 aliphatic heterocycles. The molecule has 9 heteroatoms. The molecule has 164 valence electrons. The average molecular weight is 435 g/mol. The molecule has 3 atom stereocenters. The number of para-hydroxylation sites is 1. The molecule has 0 unspecified atom stereocenters. The van der Waals surface area contributed by atoms with Crippen molar-refractivity contribution >= 4 is 40.4 Å². The standard InChI is InChI=1S/C21H30N4O4S/c1-12(2)18(22)20(27)24-16(8-9-30-3)19(26)25-17(21(28)29)10-13-11-23-15-7-5-4-6-14(13)15/h4-7,11-12,16-18,23H,8-10,22H2,1-3H3,(H,24,27)(H,25,26)(H,28,29)/t16-,17-,18-/m0/s1. The van der Waals surface area contributed by atoms with Crippen LogP contribution in [0.3, 0.4) is 0 Å². The van der Waals surface area contributed by atoms with Gasteiger partial charge in [-0.3, -0.25) is 9.59 Å². The first-order valence-electron chi connectivity index (χ1n) is 9.87. The second kappa shape index (κ2) is 11.0. The molecular formula is C21H30N4O4S. The van der Waals surface area contributed by atoms with E-state index in [0.29, 0.717) is 12.2 Å². The number of aromatic amines is 1. The summed E-state index contributed by atoms with van der Waals surface area (Å²) in [5, 5.41) is 15.8. The number of hydrogen-bond donors (Lipinski definition) is 5. The number of hydrogen-bond acceptors (Lipinski definition) is 5. The van der Waals surface area contributed by atoms with Crippen LogP contribution in [0.4, 0.5) is 0 Å². The lowest BCUT2D eigenvalue weighted by molar-refractivity contribution is -0.142. The van der Waals surface area contributed by atoms with Gasteiger partial charge in [0.05, 0.1) is 6.04 Å². The zero-order valence-electron chi connectivity index (χ0n) is 17.5. The third-order valence-corrected chi connectivity index (χ3v) is 5.62. The van der Waals surface area contributed by atoms with Crippen LogP contribution in [-0.2, 0) is 20.8 Å². The molecule has 0 aliphatic rings. The van der Waals surface area contributed by atoms with Gasteiger partial charge in [0.1, 0.15) is 12.1 Å². The van der Waals surface area contributed by atoms with E-state index in [9.17, 15) is 19.5 Å². The Morgan fingerprint density at radius 2 is 1.80 bits per heavy atom. The molecular weight excluding hydrogens is 404 g/mol. The van der Waals surface area contributed by atoms with Crippen LogP contribution >= 0.6 is 11.8 Å². The number of H-pyrrole nitrogens is 1. The van der Waals surface area contributed by atoms with E-state index in [-0.39, 0.29) is 12.3 Å². The summed E-state index contributed by atoms with van der Waals surface area (Å²) in [6.45, 7) is 3.64. The van der Waals surface area contributed by atoms with Gasteiger partial charge in [0.25, 0.3) is 0 Å². The molecule has 0 radical (unpaired) electrons. The molecule has 0 saturated carbocycles. The fourth-order valence-electron chi connectivity index (χ4n) is 3.07. The van der Waals surface area contributed by atoms with Crippen molar-refractivity contribution in [2.75, 3.05) is 12.0 Å². The van der Waals surface area contributed by atoms with Crippen LogP contribution in [-0.4, -0.2) is 58.0 Å². The minimum Gasteiger partial charge on any atom is -0.480 e. The van der Waals surface area contributed by atoms with Crippen molar-refractivity contribution in [2.24, 2.45) is 11.7 Å². The Bertz CT molecular complexity index is 883. The van der Waals surface area contributed by atoms with Gasteiger partial charge in [-0.2, -0.15) is 11.8 Å². The van der Waals surface area contributed by atoms with Crippen LogP contribution in [0.15, 0.2) is 30.5 Å². The Morgan fingerprint density at radius 3 is 2.43 bits per heavy atom. The maximum atomic E-state index is 12.8. The lowest BCUT2D eigenvalue weighted by atomic mass is 10.0. The Kier molecular flexibility index (Phi) is 8.73. The number of amides is 2. The third-order valence-electron chi connectivity index (χ3n) is 4.98. The molecule has 2 amide bonds. The number of carbonyl (C=O) groups is 3. The van der Waals surface area contributed by atoms with Crippen molar-refractivity contribution in [3.05, 3.63) is 36.0 Å². The lowest BCUT2D eigenvalue weighted by Gasteiger charge is -2.23. The number of carbonyl (C=O) groups excluding carboxylic acids is 2. The molecule has 2 rings (SSSR count). The zero-order chi connectivity index (χ0) is 22.3. The molecule has 2 aromatic rings. The van der Waals surface area contributed by atoms with Crippen LogP contribution in [0.25, 0.3) is 10.9 Å². The topological polar surface area (TPSA) is 137 Å². The van der Waals surface area contributed by atoms with E-state index in [4.69, 9.17) is 5.73 Å². The van der Waals surface area contributed by atoms with Crippen LogP contribution < -0.4 is 16.4 Å². The number of benzene rings is 1. The fraction of sp³-hybridized carbons (Fsp3) is 0.476. The smallest absolute Gasteiger partial charge is 0.326 e. The highest BCUT2D eigenvalue weighted by Crippen LogP contribution is 2.19. The Hall–Kier alpha value is -2.52. The number of nitrogens with one attached hydrogen (secondary N) is 3. The zero-order valence-corrected chi connectivity index (χ0v) is 18.3. The van der Waals surface area contributed by atoms with Crippen LogP contribution in [0.1, 0.15) is 25.8 Å². The van der Waals surface area contributed by atoms with E-state index in [1.807, 2.05) is 44.4 Å². The van der Waals surface area contributed by atoms with Gasteiger partial charge in [0.15, 0.2) is 0 Å². The number of aliphatic carboxylic acids is 1. The predicted octanol–water partition coefficient (Wildman–Crippen LogP) is 1.50. The van der Waals surface area contributed by atoms with Crippen LogP contribution in [0.5, 0.6) is 0 Å². The summed E-state index contributed by atoms with van der Waals surface area (Å²) in [5.41, 5.74) is 7.58. The summed E-state index contributed by atoms with van der Waals surface area (Å²) in [6.07, 6.45) is 4.15. The van der Waals surface area contributed by atoms with Gasteiger partial charge in [-0.1, -0.05) is 32.0 Å². The van der Waals surface area contributed by atoms with Gasteiger partial charge in [-0.15, -0.1) is 0 Å². The summed E-state index contributed by atoms with van der Waals surface area (Å²) in [4.78, 5) is 40.1. The van der Waals surface area contributed by atoms with E-state index in [1.54, 1.807) is 6.20 Å². The van der Waals surface area contributed by atoms with Gasteiger partial charge in [0, 0.05) is 23.5 Å². The SMILES string of the molecule is CSCC[C@H](NC(=O)[C@@H](N)C(C)C)C(=O)N[C@@H](Cc1c[nH]c2ccccc12)C(=O)O. The molecule has 0 aliphatic carbocycles. The largest absolute Gasteiger partial charge is 0.480 e. The van der Waals surface area contributed by atoms with E-state index in [0.717, 1.165) is 16.5 Å². The summed E-state index contributed by atoms with van der Waals surface area (Å²) in [7, 11) is 0. The Balaban J connectivity index is 2.13. The summed E-state index contributed by atoms with van der Waals surface area (Å²) >= 11 is 1.54. The fourth-order valence-corrected chi connectivity index (χ4v) is 3.54. The third kappa shape index (κ3) is 6.24. The summed E-state index contributed by atoms with van der Waals surface area (Å²) in [6, 6.07) is 4.86. The van der Waals surface area contributed by atoms with Crippen LogP contribution in [0, 0.1) is 5.92 Å². The van der Waals surface area contributed by atoms with E-state index < -0.39 is 35.9 Å². The molecule has 30 heavy (non-hydrogen) atoms. The number of carboxylic acids is 1. The maximum absolute atomic E-state index is 12.8. The molecule has 0 bridgehead atoms. The highest BCUT2D eigenvalue weighted by Gasteiger charge is 2.29. The monoisotopic (exact) mass is 434 g/mol. The second-order valence-corrected chi connectivity index (χ2v) is 8.56. The van der Waals surface area contributed by atoms with Gasteiger partial charge in [-0.05, 0) is 36.0 Å². The second-order valence-electron chi connectivity index (χ2n) is 7.58. The number of carboxylic acid groups (broad SMARTS) is 1. The molecule has 0 fully saturated rings. The molecule has 1 aromatic heterocycles. The number of aromatic nitrogens is 1. The Labute approximate surface area is 180 Å². The number of rotatable bonds is 11. The quantitative estimate of drug-likeness (QED) is 0.363. The molecule has 0 spiro atoms. The van der Waals surface area contributed by atoms with Gasteiger partial charge < -0.3 is 26.5 Å². The number of thioether (sulfide) groups is 1. The average Bonchev–Trinajstić information content (AvgIpc) is 3.12. The van der Waals surface area contributed by atoms with Crippen LogP contribution in [0.2, 0.25) is 0 Å². The van der Waals surface area contributed by atoms with Crippen molar-refractivity contribution in [3.63, 3.8) is 0 Å². The lowest BCUT2D eigenvalue weighted by Crippen LogP contribution is -2.55. The van der Waals surface area contributed by atoms with Gasteiger partial charge in [-0.25, -0.2) is 4.79 Å². The van der Waals surface area contributed by atoms with Crippen molar-refractivity contribution in [1.82, 2.24) is 15.6 Å². The van der Waals surface area contributed by atoms with Crippen molar-refractivity contribution in [2.45, 2.75) is 44.8 Å². The highest BCUT2D eigenvalue weighted by atomic mass is 32.2. The first-order valence-corrected chi connectivity index (χ1v) is 11.3. The molecule has 0 saturated heterocycles. The van der Waals surface area contributed by atoms with E-state index in [1.165, 1.54) is 11.8 Å². The molecule has 1 heterocycles. The predicted molar refractivity (Wildman–Crippen MR) is 119 cm³/mol. The summed E-state index contributed by atoms with van der Waals surface area (Å²) in [5.74, 6) is -1.53. The molecule has 6 N–H and O–H groups in total. The molecule has 1 aromatic carbocycles. The first kappa shape index (κ1) is 23.8. The summed E-state index contributed by atoms with van der Waals surface area (Å²) < 4.78 is 0.